The lowest BCUT2D eigenvalue weighted by Gasteiger charge is -2.37. The van der Waals surface area contributed by atoms with Crippen LogP contribution in [0.15, 0.2) is 30.3 Å². The summed E-state index contributed by atoms with van der Waals surface area (Å²) in [6.45, 7) is 4.06. The van der Waals surface area contributed by atoms with Gasteiger partial charge in [0.2, 0.25) is 10.0 Å². The first-order valence-corrected chi connectivity index (χ1v) is 9.17. The van der Waals surface area contributed by atoms with Crippen LogP contribution in [-0.4, -0.2) is 30.6 Å². The highest BCUT2D eigenvalue weighted by Crippen LogP contribution is 2.26. The van der Waals surface area contributed by atoms with Gasteiger partial charge in [0, 0.05) is 12.1 Å². The van der Waals surface area contributed by atoms with Gasteiger partial charge >= 0.3 is 0 Å². The monoisotopic (exact) mass is 295 g/mol. The molecule has 1 aromatic rings. The minimum atomic E-state index is -3.12. The zero-order chi connectivity index (χ0) is 14.6. The van der Waals surface area contributed by atoms with Crippen LogP contribution in [0.25, 0.3) is 0 Å². The Labute approximate surface area is 123 Å². The Hall–Kier alpha value is -0.870. The van der Waals surface area contributed by atoms with Crippen LogP contribution >= 0.6 is 0 Å². The Morgan fingerprint density at radius 3 is 2.30 bits per heavy atom. The SMILES string of the molecule is CC1CCCC(C)N1S(=O)(=O)CCCc1ccccc1. The van der Waals surface area contributed by atoms with Gasteiger partial charge in [-0.3, -0.25) is 0 Å². The largest absolute Gasteiger partial charge is 0.214 e. The van der Waals surface area contributed by atoms with Crippen molar-refractivity contribution in [3.05, 3.63) is 35.9 Å². The van der Waals surface area contributed by atoms with Gasteiger partial charge in [-0.1, -0.05) is 36.8 Å². The molecule has 2 rings (SSSR count). The quantitative estimate of drug-likeness (QED) is 0.836. The van der Waals surface area contributed by atoms with E-state index in [9.17, 15) is 8.42 Å². The van der Waals surface area contributed by atoms with Gasteiger partial charge in [0.1, 0.15) is 0 Å². The van der Waals surface area contributed by atoms with Gasteiger partial charge in [-0.2, -0.15) is 4.31 Å². The molecule has 0 aromatic heterocycles. The predicted molar refractivity (Wildman–Crippen MR) is 83.2 cm³/mol. The number of aryl methyl sites for hydroxylation is 1. The second-order valence-electron chi connectivity index (χ2n) is 5.86. The third kappa shape index (κ3) is 3.83. The van der Waals surface area contributed by atoms with Gasteiger partial charge in [0.15, 0.2) is 0 Å². The predicted octanol–water partition coefficient (Wildman–Crippen LogP) is 3.21. The molecule has 2 atom stereocenters. The maximum Gasteiger partial charge on any atom is 0.214 e. The van der Waals surface area contributed by atoms with Crippen molar-refractivity contribution in [3.63, 3.8) is 0 Å². The Balaban J connectivity index is 1.93. The second kappa shape index (κ2) is 6.72. The highest BCUT2D eigenvalue weighted by Gasteiger charge is 2.33. The summed E-state index contributed by atoms with van der Waals surface area (Å²) < 4.78 is 26.8. The number of hydrogen-bond donors (Lipinski definition) is 0. The molecular weight excluding hydrogens is 270 g/mol. The second-order valence-corrected chi connectivity index (χ2v) is 7.86. The number of hydrogen-bond acceptors (Lipinski definition) is 2. The van der Waals surface area contributed by atoms with E-state index in [1.54, 1.807) is 4.31 Å². The Kier molecular flexibility index (Phi) is 5.22. The molecule has 4 heteroatoms. The van der Waals surface area contributed by atoms with Crippen LogP contribution in [0.5, 0.6) is 0 Å². The molecule has 1 aromatic carbocycles. The molecule has 0 spiro atoms. The molecule has 0 aliphatic carbocycles. The fourth-order valence-electron chi connectivity index (χ4n) is 3.15. The van der Waals surface area contributed by atoms with Crippen LogP contribution in [0.4, 0.5) is 0 Å². The van der Waals surface area contributed by atoms with Crippen molar-refractivity contribution in [2.75, 3.05) is 5.75 Å². The molecule has 0 N–H and O–H groups in total. The molecule has 0 radical (unpaired) electrons. The molecule has 20 heavy (non-hydrogen) atoms. The maximum absolute atomic E-state index is 12.5. The fraction of sp³-hybridized carbons (Fsp3) is 0.625. The van der Waals surface area contributed by atoms with Crippen LogP contribution < -0.4 is 0 Å². The minimum Gasteiger partial charge on any atom is -0.212 e. The third-order valence-corrected chi connectivity index (χ3v) is 6.31. The summed E-state index contributed by atoms with van der Waals surface area (Å²) in [6.07, 6.45) is 4.64. The van der Waals surface area contributed by atoms with Gasteiger partial charge < -0.3 is 0 Å². The zero-order valence-electron chi connectivity index (χ0n) is 12.5. The number of rotatable bonds is 5. The van der Waals surface area contributed by atoms with Crippen LogP contribution in [0.2, 0.25) is 0 Å². The molecule has 0 saturated carbocycles. The smallest absolute Gasteiger partial charge is 0.212 e. The highest BCUT2D eigenvalue weighted by molar-refractivity contribution is 7.89. The molecular formula is C16H25NO2S. The molecule has 3 nitrogen and oxygen atoms in total. The first-order valence-electron chi connectivity index (χ1n) is 7.56. The van der Waals surface area contributed by atoms with Gasteiger partial charge in [0.05, 0.1) is 5.75 Å². The zero-order valence-corrected chi connectivity index (χ0v) is 13.3. The Morgan fingerprint density at radius 1 is 1.10 bits per heavy atom. The number of sulfonamides is 1. The van der Waals surface area contributed by atoms with Gasteiger partial charge in [-0.15, -0.1) is 0 Å². The van der Waals surface area contributed by atoms with E-state index < -0.39 is 10.0 Å². The molecule has 1 fully saturated rings. The summed E-state index contributed by atoms with van der Waals surface area (Å²) in [5.41, 5.74) is 1.21. The van der Waals surface area contributed by atoms with Gasteiger partial charge in [0.25, 0.3) is 0 Å². The van der Waals surface area contributed by atoms with Crippen molar-refractivity contribution in [3.8, 4) is 0 Å². The molecule has 112 valence electrons. The van der Waals surface area contributed by atoms with E-state index >= 15 is 0 Å². The average molecular weight is 295 g/mol. The van der Waals surface area contributed by atoms with Crippen molar-refractivity contribution >= 4 is 10.0 Å². The molecule has 0 bridgehead atoms. The Bertz CT molecular complexity index is 503. The summed E-state index contributed by atoms with van der Waals surface area (Å²) in [4.78, 5) is 0. The highest BCUT2D eigenvalue weighted by atomic mass is 32.2. The lowest BCUT2D eigenvalue weighted by molar-refractivity contribution is 0.204. The first kappa shape index (κ1) is 15.5. The van der Waals surface area contributed by atoms with Gasteiger partial charge in [-0.25, -0.2) is 8.42 Å². The van der Waals surface area contributed by atoms with E-state index in [1.165, 1.54) is 5.56 Å². The van der Waals surface area contributed by atoms with E-state index in [2.05, 4.69) is 12.1 Å². The number of nitrogens with zero attached hydrogens (tertiary/aromatic N) is 1. The van der Waals surface area contributed by atoms with Crippen molar-refractivity contribution in [1.82, 2.24) is 4.31 Å². The lowest BCUT2D eigenvalue weighted by Crippen LogP contribution is -2.48. The summed E-state index contributed by atoms with van der Waals surface area (Å²) >= 11 is 0. The first-order chi connectivity index (χ1) is 9.50. The molecule has 1 aliphatic heterocycles. The summed E-state index contributed by atoms with van der Waals surface area (Å²) in [5.74, 6) is 0.260. The van der Waals surface area contributed by atoms with Crippen LogP contribution in [-0.2, 0) is 16.4 Å². The van der Waals surface area contributed by atoms with Crippen molar-refractivity contribution < 1.29 is 8.42 Å². The van der Waals surface area contributed by atoms with E-state index in [-0.39, 0.29) is 17.8 Å². The van der Waals surface area contributed by atoms with E-state index in [1.807, 2.05) is 32.0 Å². The molecule has 0 amide bonds. The maximum atomic E-state index is 12.5. The Morgan fingerprint density at radius 2 is 1.70 bits per heavy atom. The van der Waals surface area contributed by atoms with Crippen LogP contribution in [0, 0.1) is 0 Å². The summed E-state index contributed by atoms with van der Waals surface area (Å²) in [7, 11) is -3.12. The summed E-state index contributed by atoms with van der Waals surface area (Å²) in [6, 6.07) is 10.4. The van der Waals surface area contributed by atoms with E-state index in [0.29, 0.717) is 6.42 Å². The standard InChI is InChI=1S/C16H25NO2S/c1-14-8-6-9-15(2)17(14)20(18,19)13-7-12-16-10-4-3-5-11-16/h3-5,10-11,14-15H,6-9,12-13H2,1-2H3. The molecule has 1 saturated heterocycles. The normalized spacial score (nSPS) is 24.7. The van der Waals surface area contributed by atoms with Crippen molar-refractivity contribution in [1.29, 1.82) is 0 Å². The van der Waals surface area contributed by atoms with Crippen molar-refractivity contribution in [2.24, 2.45) is 0 Å². The minimum absolute atomic E-state index is 0.153. The number of piperidine rings is 1. The number of benzene rings is 1. The molecule has 2 unspecified atom stereocenters. The lowest BCUT2D eigenvalue weighted by atomic mass is 10.0. The van der Waals surface area contributed by atoms with E-state index in [0.717, 1.165) is 25.7 Å². The van der Waals surface area contributed by atoms with Crippen molar-refractivity contribution in [2.45, 2.75) is 58.0 Å². The fourth-order valence-corrected chi connectivity index (χ4v) is 5.18. The molecule has 1 aliphatic rings. The van der Waals surface area contributed by atoms with Crippen LogP contribution in [0.3, 0.4) is 0 Å². The topological polar surface area (TPSA) is 37.4 Å². The summed E-state index contributed by atoms with van der Waals surface area (Å²) in [5, 5.41) is 0. The van der Waals surface area contributed by atoms with Gasteiger partial charge in [-0.05, 0) is 45.1 Å². The average Bonchev–Trinajstić information content (AvgIpc) is 2.39. The molecule has 1 heterocycles. The third-order valence-electron chi connectivity index (χ3n) is 4.14. The van der Waals surface area contributed by atoms with E-state index in [4.69, 9.17) is 0 Å². The van der Waals surface area contributed by atoms with Crippen LogP contribution in [0.1, 0.15) is 45.1 Å².